The van der Waals surface area contributed by atoms with Gasteiger partial charge in [0.25, 0.3) is 0 Å². The minimum absolute atomic E-state index is 0.382. The third-order valence-electron chi connectivity index (χ3n) is 1.51. The molecule has 0 heterocycles. The summed E-state index contributed by atoms with van der Waals surface area (Å²) in [5.41, 5.74) is 2.13. The van der Waals surface area contributed by atoms with E-state index < -0.39 is 8.38 Å². The first-order valence-corrected chi connectivity index (χ1v) is 4.95. The van der Waals surface area contributed by atoms with Crippen molar-refractivity contribution in [2.75, 3.05) is 0 Å². The fourth-order valence-corrected chi connectivity index (χ4v) is 1.57. The zero-order valence-corrected chi connectivity index (χ0v) is 7.75. The predicted octanol–water partition coefficient (Wildman–Crippen LogP) is 2.13. The molecule has 1 unspecified atom stereocenters. The Labute approximate surface area is 73.0 Å². The van der Waals surface area contributed by atoms with Crippen LogP contribution < -0.4 is 5.90 Å². The maximum Gasteiger partial charge on any atom is 0.233 e. The minimum Gasteiger partial charge on any atom is -0.249 e. The molecule has 0 saturated heterocycles. The van der Waals surface area contributed by atoms with E-state index in [0.717, 1.165) is 11.1 Å². The molecular formula is C8H11NO2P. The molecular weight excluding hydrogens is 173 g/mol. The molecule has 0 amide bonds. The third kappa shape index (κ3) is 2.88. The van der Waals surface area contributed by atoms with Crippen molar-refractivity contribution < 1.29 is 9.52 Å². The van der Waals surface area contributed by atoms with Crippen molar-refractivity contribution >= 4 is 8.38 Å². The van der Waals surface area contributed by atoms with Crippen molar-refractivity contribution in [3.05, 3.63) is 35.4 Å². The molecule has 1 atom stereocenters. The van der Waals surface area contributed by atoms with Crippen molar-refractivity contribution in [2.45, 2.75) is 13.1 Å². The van der Waals surface area contributed by atoms with Gasteiger partial charge >= 0.3 is 0 Å². The van der Waals surface area contributed by atoms with Gasteiger partial charge < -0.3 is 0 Å². The van der Waals surface area contributed by atoms with Crippen molar-refractivity contribution in [3.63, 3.8) is 0 Å². The van der Waals surface area contributed by atoms with E-state index in [1.165, 1.54) is 0 Å². The topological polar surface area (TPSA) is 55.1 Å². The molecule has 4 heteroatoms. The quantitative estimate of drug-likeness (QED) is 0.577. The summed E-state index contributed by atoms with van der Waals surface area (Å²) in [6, 6.07) is 7.77. The van der Waals surface area contributed by atoms with E-state index >= 15 is 0 Å². The van der Waals surface area contributed by atoms with Gasteiger partial charge in [0.05, 0.1) is 0 Å². The van der Waals surface area contributed by atoms with Crippen LogP contribution in [0.5, 0.6) is 0 Å². The van der Waals surface area contributed by atoms with E-state index in [1.807, 2.05) is 31.2 Å². The molecule has 0 fully saturated rings. The maximum atomic E-state index is 10.9. The molecule has 3 nitrogen and oxygen atoms in total. The average molecular weight is 184 g/mol. The first-order valence-electron chi connectivity index (χ1n) is 3.59. The number of hydrogen-bond acceptors (Lipinski definition) is 2. The third-order valence-corrected chi connectivity index (χ3v) is 2.37. The normalized spacial score (nSPS) is 12.9. The molecule has 0 spiro atoms. The number of aryl methyl sites for hydroxylation is 1. The second kappa shape index (κ2) is 4.53. The van der Waals surface area contributed by atoms with Crippen LogP contribution in [0.25, 0.3) is 0 Å². The molecule has 1 aromatic rings. The van der Waals surface area contributed by atoms with Gasteiger partial charge in [-0.1, -0.05) is 29.8 Å². The highest BCUT2D eigenvalue weighted by molar-refractivity contribution is 7.44. The van der Waals surface area contributed by atoms with Crippen molar-refractivity contribution in [3.8, 4) is 0 Å². The van der Waals surface area contributed by atoms with Crippen molar-refractivity contribution in [1.82, 2.24) is 0 Å². The lowest BCUT2D eigenvalue weighted by Gasteiger charge is -2.04. The van der Waals surface area contributed by atoms with Crippen LogP contribution in [-0.4, -0.2) is 0 Å². The summed E-state index contributed by atoms with van der Waals surface area (Å²) in [5, 5.41) is 0. The molecule has 0 saturated carbocycles. The largest absolute Gasteiger partial charge is 0.249 e. The monoisotopic (exact) mass is 184 g/mol. The molecule has 1 rings (SSSR count). The Morgan fingerprint density at radius 3 is 2.92 bits per heavy atom. The smallest absolute Gasteiger partial charge is 0.233 e. The van der Waals surface area contributed by atoms with E-state index in [2.05, 4.69) is 4.62 Å². The molecule has 12 heavy (non-hydrogen) atoms. The minimum atomic E-state index is -1.74. The van der Waals surface area contributed by atoms with E-state index in [-0.39, 0.29) is 0 Å². The Morgan fingerprint density at radius 2 is 2.33 bits per heavy atom. The Balaban J connectivity index is 2.63. The number of hydrogen-bond donors (Lipinski definition) is 1. The number of nitrogens with two attached hydrogens (primary N) is 1. The molecule has 0 aliphatic carbocycles. The van der Waals surface area contributed by atoms with Gasteiger partial charge in [-0.15, -0.1) is 0 Å². The lowest BCUT2D eigenvalue weighted by Crippen LogP contribution is -1.93. The van der Waals surface area contributed by atoms with E-state index in [9.17, 15) is 4.89 Å². The summed E-state index contributed by atoms with van der Waals surface area (Å²) in [5.74, 6) is 4.77. The molecule has 1 aromatic carbocycles. The average Bonchev–Trinajstić information content (AvgIpc) is 2.04. The second-order valence-electron chi connectivity index (χ2n) is 2.59. The molecule has 0 aliphatic heterocycles. The summed E-state index contributed by atoms with van der Waals surface area (Å²) in [6.07, 6.45) is 0.382. The van der Waals surface area contributed by atoms with Crippen LogP contribution in [0.3, 0.4) is 0 Å². The van der Waals surface area contributed by atoms with E-state index in [4.69, 9.17) is 5.90 Å². The van der Waals surface area contributed by atoms with Crippen molar-refractivity contribution in [2.24, 2.45) is 5.90 Å². The van der Waals surface area contributed by atoms with E-state index in [0.29, 0.717) is 6.16 Å². The van der Waals surface area contributed by atoms with Gasteiger partial charge in [-0.2, -0.15) is 4.89 Å². The van der Waals surface area contributed by atoms with Gasteiger partial charge in [0.2, 0.25) is 8.38 Å². The first-order chi connectivity index (χ1) is 5.72. The Bertz CT molecular complexity index is 255. The number of benzene rings is 1. The Morgan fingerprint density at radius 1 is 1.58 bits per heavy atom. The molecule has 65 valence electrons. The lowest BCUT2D eigenvalue weighted by molar-refractivity contribution is 0.295. The zero-order chi connectivity index (χ0) is 8.97. The maximum absolute atomic E-state index is 10.9. The van der Waals surface area contributed by atoms with Crippen LogP contribution in [0.2, 0.25) is 0 Å². The summed E-state index contributed by atoms with van der Waals surface area (Å²) in [6.45, 7) is 1.99. The van der Waals surface area contributed by atoms with Gasteiger partial charge in [-0.25, -0.2) is 10.5 Å². The van der Waals surface area contributed by atoms with Gasteiger partial charge in [0.15, 0.2) is 0 Å². The molecule has 0 aromatic heterocycles. The van der Waals surface area contributed by atoms with Crippen molar-refractivity contribution in [1.29, 1.82) is 0 Å². The van der Waals surface area contributed by atoms with Crippen LogP contribution in [0.1, 0.15) is 11.1 Å². The van der Waals surface area contributed by atoms with Gasteiger partial charge in [-0.05, 0) is 12.5 Å². The van der Waals surface area contributed by atoms with E-state index in [1.54, 1.807) is 0 Å². The zero-order valence-electron chi connectivity index (χ0n) is 6.86. The standard InChI is InChI=1S/C8H11NO2P/c1-7-3-2-4-8(5-7)6-12(10)11-9/h2-5H,6,9H2,1H3. The molecule has 1 radical (unpaired) electrons. The van der Waals surface area contributed by atoms with Gasteiger partial charge in [-0.3, -0.25) is 0 Å². The highest BCUT2D eigenvalue weighted by Gasteiger charge is 2.06. The highest BCUT2D eigenvalue weighted by atomic mass is 31.2. The first kappa shape index (κ1) is 9.62. The van der Waals surface area contributed by atoms with Crippen LogP contribution in [0.4, 0.5) is 0 Å². The summed E-state index contributed by atoms with van der Waals surface area (Å²) >= 11 is 0. The lowest BCUT2D eigenvalue weighted by atomic mass is 10.2. The fourth-order valence-electron chi connectivity index (χ4n) is 0.997. The van der Waals surface area contributed by atoms with Crippen LogP contribution in [-0.2, 0) is 15.7 Å². The highest BCUT2D eigenvalue weighted by Crippen LogP contribution is 2.34. The summed E-state index contributed by atoms with van der Waals surface area (Å²) in [7, 11) is -1.74. The van der Waals surface area contributed by atoms with Crippen LogP contribution in [0.15, 0.2) is 24.3 Å². The van der Waals surface area contributed by atoms with Crippen LogP contribution in [0, 0.1) is 6.92 Å². The van der Waals surface area contributed by atoms with Gasteiger partial charge in [0, 0.05) is 6.16 Å². The number of rotatable bonds is 3. The molecule has 0 aliphatic rings. The van der Waals surface area contributed by atoms with Gasteiger partial charge in [0.1, 0.15) is 0 Å². The molecule has 0 bridgehead atoms. The second-order valence-corrected chi connectivity index (χ2v) is 3.78. The van der Waals surface area contributed by atoms with Crippen LogP contribution >= 0.6 is 8.38 Å². The summed E-state index contributed by atoms with van der Waals surface area (Å²) < 4.78 is 4.20. The molecule has 2 N–H and O–H groups in total. The Kier molecular flexibility index (Phi) is 3.63. The Hall–Kier alpha value is -0.470. The SMILES string of the molecule is Cc1cccc(CP([O])ON)c1. The summed E-state index contributed by atoms with van der Waals surface area (Å²) in [4.78, 5) is 10.9. The predicted molar refractivity (Wildman–Crippen MR) is 47.8 cm³/mol. The fraction of sp³-hybridized carbons (Fsp3) is 0.250.